The Bertz CT molecular complexity index is 3130. The Balaban J connectivity index is 1.13. The van der Waals surface area contributed by atoms with Gasteiger partial charge in [0.15, 0.2) is 0 Å². The minimum Gasteiger partial charge on any atom is -0.278 e. The van der Waals surface area contributed by atoms with Crippen LogP contribution in [0.1, 0.15) is 22.3 Å². The first-order valence-corrected chi connectivity index (χ1v) is 19.6. The molecule has 8 aromatic carbocycles. The van der Waals surface area contributed by atoms with E-state index in [9.17, 15) is 0 Å². The molecule has 55 heavy (non-hydrogen) atoms. The van der Waals surface area contributed by atoms with Crippen molar-refractivity contribution in [3.05, 3.63) is 210 Å². The molecule has 0 fully saturated rings. The van der Waals surface area contributed by atoms with Crippen LogP contribution in [0.3, 0.4) is 0 Å². The van der Waals surface area contributed by atoms with Gasteiger partial charge in [0.1, 0.15) is 0 Å². The van der Waals surface area contributed by atoms with Crippen molar-refractivity contribution in [1.82, 2.24) is 14.5 Å². The number of rotatable bonds is 3. The lowest BCUT2D eigenvalue weighted by atomic mass is 9.67. The second kappa shape index (κ2) is 11.6. The molecule has 1 aliphatic heterocycles. The number of fused-ring (bicyclic) bond motifs is 14. The Labute approximate surface area is 322 Å². The number of para-hydroxylation sites is 2. The molecule has 0 saturated heterocycles. The van der Waals surface area contributed by atoms with Gasteiger partial charge < -0.3 is 0 Å². The summed E-state index contributed by atoms with van der Waals surface area (Å²) in [5.74, 6) is 0.666. The molecule has 3 nitrogen and oxygen atoms in total. The fourth-order valence-electron chi connectivity index (χ4n) is 9.42. The van der Waals surface area contributed by atoms with E-state index in [2.05, 4.69) is 193 Å². The monoisotopic (exact) mass is 717 g/mol. The van der Waals surface area contributed by atoms with Gasteiger partial charge in [-0.15, -0.1) is 0 Å². The van der Waals surface area contributed by atoms with Crippen LogP contribution in [-0.4, -0.2) is 14.5 Å². The lowest BCUT2D eigenvalue weighted by molar-refractivity contribution is 0.726. The zero-order valence-corrected chi connectivity index (χ0v) is 30.5. The highest BCUT2D eigenvalue weighted by atomic mass is 32.2. The van der Waals surface area contributed by atoms with Gasteiger partial charge in [0, 0.05) is 31.5 Å². The minimum absolute atomic E-state index is 0.444. The lowest BCUT2D eigenvalue weighted by Gasteiger charge is -2.40. The van der Waals surface area contributed by atoms with Gasteiger partial charge in [-0.2, -0.15) is 0 Å². The van der Waals surface area contributed by atoms with E-state index in [0.717, 1.165) is 33.2 Å². The van der Waals surface area contributed by atoms with Crippen LogP contribution in [-0.2, 0) is 5.41 Å². The fraction of sp³-hybridized carbons (Fsp3) is 0.0196. The first kappa shape index (κ1) is 30.7. The van der Waals surface area contributed by atoms with Gasteiger partial charge in [0.25, 0.3) is 0 Å². The van der Waals surface area contributed by atoms with E-state index in [1.807, 2.05) is 11.8 Å². The third-order valence-electron chi connectivity index (χ3n) is 11.7. The maximum atomic E-state index is 5.44. The first-order chi connectivity index (χ1) is 27.3. The molecule has 0 amide bonds. The number of hydrogen-bond acceptors (Lipinski definition) is 3. The molecule has 0 saturated carbocycles. The van der Waals surface area contributed by atoms with Gasteiger partial charge in [0.2, 0.25) is 5.95 Å². The molecule has 12 rings (SSSR count). The van der Waals surface area contributed by atoms with Crippen molar-refractivity contribution in [2.45, 2.75) is 15.2 Å². The number of hydrogen-bond donors (Lipinski definition) is 0. The summed E-state index contributed by atoms with van der Waals surface area (Å²) in [7, 11) is 0. The van der Waals surface area contributed by atoms with Crippen molar-refractivity contribution < 1.29 is 0 Å². The van der Waals surface area contributed by atoms with Crippen molar-refractivity contribution in [1.29, 1.82) is 0 Å². The van der Waals surface area contributed by atoms with E-state index >= 15 is 0 Å². The van der Waals surface area contributed by atoms with E-state index in [4.69, 9.17) is 9.97 Å². The summed E-state index contributed by atoms with van der Waals surface area (Å²) in [6.45, 7) is 0. The molecule has 0 bridgehead atoms. The van der Waals surface area contributed by atoms with Crippen molar-refractivity contribution in [3.8, 4) is 39.5 Å². The molecule has 4 heteroatoms. The molecule has 0 N–H and O–H groups in total. The molecule has 0 atom stereocenters. The molecule has 256 valence electrons. The summed E-state index contributed by atoms with van der Waals surface area (Å²) in [4.78, 5) is 13.3. The van der Waals surface area contributed by atoms with Crippen LogP contribution in [0.25, 0.3) is 72.2 Å². The Morgan fingerprint density at radius 2 is 1.02 bits per heavy atom. The Morgan fingerprint density at radius 1 is 0.418 bits per heavy atom. The molecule has 3 heterocycles. The van der Waals surface area contributed by atoms with E-state index < -0.39 is 5.41 Å². The summed E-state index contributed by atoms with van der Waals surface area (Å²) < 4.78 is 2.28. The number of nitrogens with zero attached hydrogens (tertiary/aromatic N) is 3. The minimum atomic E-state index is -0.444. The summed E-state index contributed by atoms with van der Waals surface area (Å²) >= 11 is 1.89. The zero-order chi connectivity index (χ0) is 36.1. The lowest BCUT2D eigenvalue weighted by Crippen LogP contribution is -2.32. The molecule has 0 radical (unpaired) electrons. The average molecular weight is 718 g/mol. The maximum absolute atomic E-state index is 5.44. The molecular formula is C51H31N3S. The quantitative estimate of drug-likeness (QED) is 0.182. The van der Waals surface area contributed by atoms with E-state index in [0.29, 0.717) is 5.95 Å². The van der Waals surface area contributed by atoms with Crippen LogP contribution >= 0.6 is 11.8 Å². The van der Waals surface area contributed by atoms with E-state index in [-0.39, 0.29) is 0 Å². The molecular weight excluding hydrogens is 687 g/mol. The number of benzene rings is 8. The molecule has 1 spiro atoms. The van der Waals surface area contributed by atoms with Gasteiger partial charge in [0.05, 0.1) is 27.7 Å². The molecule has 0 unspecified atom stereocenters. The highest BCUT2D eigenvalue weighted by Crippen LogP contribution is 2.63. The van der Waals surface area contributed by atoms with Crippen LogP contribution in [0.5, 0.6) is 0 Å². The van der Waals surface area contributed by atoms with E-state index in [1.165, 1.54) is 65.1 Å². The van der Waals surface area contributed by atoms with Crippen LogP contribution in [0, 0.1) is 0 Å². The Morgan fingerprint density at radius 3 is 1.80 bits per heavy atom. The van der Waals surface area contributed by atoms with E-state index in [1.54, 1.807) is 0 Å². The zero-order valence-electron chi connectivity index (χ0n) is 29.6. The molecule has 2 aromatic heterocycles. The van der Waals surface area contributed by atoms with Gasteiger partial charge in [-0.25, -0.2) is 9.97 Å². The van der Waals surface area contributed by atoms with Gasteiger partial charge in [-0.1, -0.05) is 176 Å². The summed E-state index contributed by atoms with van der Waals surface area (Å²) in [5, 5.41) is 3.46. The largest absolute Gasteiger partial charge is 0.278 e. The third-order valence-corrected chi connectivity index (χ3v) is 12.9. The van der Waals surface area contributed by atoms with Crippen LogP contribution in [0.15, 0.2) is 198 Å². The second-order valence-corrected chi connectivity index (χ2v) is 15.5. The van der Waals surface area contributed by atoms with Gasteiger partial charge in [-0.3, -0.25) is 4.57 Å². The van der Waals surface area contributed by atoms with Gasteiger partial charge >= 0.3 is 0 Å². The van der Waals surface area contributed by atoms with Crippen LogP contribution in [0.4, 0.5) is 0 Å². The topological polar surface area (TPSA) is 30.7 Å². The normalized spacial score (nSPS) is 13.5. The second-order valence-electron chi connectivity index (χ2n) is 14.5. The van der Waals surface area contributed by atoms with Crippen LogP contribution < -0.4 is 0 Å². The van der Waals surface area contributed by atoms with Gasteiger partial charge in [-0.05, 0) is 68.8 Å². The SMILES string of the molecule is c1ccc(-c2ccc(-c3nc(-n4c5ccccc5c5c6c(ccc54)C4(c5ccccc5S6)c5ccccc5-c5ccccc54)nc4ccccc34)cc2)cc1. The smallest absolute Gasteiger partial charge is 0.235 e. The Kier molecular flexibility index (Phi) is 6.48. The molecule has 2 aliphatic rings. The standard InChI is InChI=1S/C51H31N3S/c1-2-14-32(15-3-1)33-26-28-34(29-27-33)48-37-18-6-11-23-43(37)52-50(53-48)54-44-24-12-7-19-38(44)47-45(54)31-30-42-49(47)55-46-25-13-10-22-41(46)51(42)39-20-8-4-16-35(39)36-17-5-9-21-40(36)51/h1-31H. The fourth-order valence-corrected chi connectivity index (χ4v) is 10.8. The molecule has 1 aliphatic carbocycles. The van der Waals surface area contributed by atoms with Crippen molar-refractivity contribution in [2.24, 2.45) is 0 Å². The Hall–Kier alpha value is -6.75. The highest BCUT2D eigenvalue weighted by Gasteiger charge is 2.50. The first-order valence-electron chi connectivity index (χ1n) is 18.8. The predicted octanol–water partition coefficient (Wildman–Crippen LogP) is 12.9. The maximum Gasteiger partial charge on any atom is 0.235 e. The molecule has 10 aromatic rings. The summed E-state index contributed by atoms with van der Waals surface area (Å²) in [5.41, 5.74) is 15.0. The summed E-state index contributed by atoms with van der Waals surface area (Å²) in [6, 6.07) is 68.2. The van der Waals surface area contributed by atoms with Crippen molar-refractivity contribution >= 4 is 44.5 Å². The van der Waals surface area contributed by atoms with Crippen LogP contribution in [0.2, 0.25) is 0 Å². The predicted molar refractivity (Wildman–Crippen MR) is 226 cm³/mol. The number of aromatic nitrogens is 3. The van der Waals surface area contributed by atoms with Crippen molar-refractivity contribution in [3.63, 3.8) is 0 Å². The van der Waals surface area contributed by atoms with Crippen molar-refractivity contribution in [2.75, 3.05) is 0 Å². The highest BCUT2D eigenvalue weighted by molar-refractivity contribution is 7.99. The average Bonchev–Trinajstić information content (AvgIpc) is 3.75. The third kappa shape index (κ3) is 4.23. The summed E-state index contributed by atoms with van der Waals surface area (Å²) in [6.07, 6.45) is 0.